The number of thiophene rings is 1. The van der Waals surface area contributed by atoms with Gasteiger partial charge in [-0.15, -0.1) is 0 Å². The molecule has 7 heteroatoms. The van der Waals surface area contributed by atoms with Crippen LogP contribution in [-0.4, -0.2) is 30.0 Å². The molecule has 6 nitrogen and oxygen atoms in total. The minimum Gasteiger partial charge on any atom is -0.349 e. The van der Waals surface area contributed by atoms with Crippen molar-refractivity contribution in [1.82, 2.24) is 10.6 Å². The SMILES string of the molecule is O=C(NC1CCCNCC1)c1csc([N+](=O)[O-])c1. The Morgan fingerprint density at radius 1 is 1.50 bits per heavy atom. The van der Waals surface area contributed by atoms with Crippen LogP contribution in [0.15, 0.2) is 11.4 Å². The number of amides is 1. The van der Waals surface area contributed by atoms with Crippen LogP contribution in [0.25, 0.3) is 0 Å². The molecule has 0 aliphatic carbocycles. The number of nitrogens with zero attached hydrogens (tertiary/aromatic N) is 1. The molecular formula is C11H15N3O3S. The van der Waals surface area contributed by atoms with E-state index in [0.29, 0.717) is 5.56 Å². The maximum Gasteiger partial charge on any atom is 0.324 e. The summed E-state index contributed by atoms with van der Waals surface area (Å²) in [6.07, 6.45) is 2.89. The van der Waals surface area contributed by atoms with E-state index in [9.17, 15) is 14.9 Å². The van der Waals surface area contributed by atoms with Crippen LogP contribution in [0, 0.1) is 10.1 Å². The molecule has 0 spiro atoms. The highest BCUT2D eigenvalue weighted by molar-refractivity contribution is 7.13. The molecule has 2 N–H and O–H groups in total. The van der Waals surface area contributed by atoms with Gasteiger partial charge >= 0.3 is 5.00 Å². The van der Waals surface area contributed by atoms with Gasteiger partial charge in [0.2, 0.25) is 0 Å². The van der Waals surface area contributed by atoms with Crippen molar-refractivity contribution in [3.63, 3.8) is 0 Å². The van der Waals surface area contributed by atoms with Crippen LogP contribution in [0.5, 0.6) is 0 Å². The van der Waals surface area contributed by atoms with Crippen LogP contribution in [0.4, 0.5) is 5.00 Å². The van der Waals surface area contributed by atoms with E-state index in [1.54, 1.807) is 0 Å². The zero-order valence-corrected chi connectivity index (χ0v) is 10.7. The summed E-state index contributed by atoms with van der Waals surface area (Å²) in [5.74, 6) is -0.216. The molecule has 98 valence electrons. The lowest BCUT2D eigenvalue weighted by Gasteiger charge is -2.15. The summed E-state index contributed by atoms with van der Waals surface area (Å²) in [4.78, 5) is 22.0. The van der Waals surface area contributed by atoms with Gasteiger partial charge < -0.3 is 10.6 Å². The van der Waals surface area contributed by atoms with E-state index < -0.39 is 4.92 Å². The molecule has 0 saturated carbocycles. The number of nitrogens with one attached hydrogen (secondary N) is 2. The number of hydrogen-bond acceptors (Lipinski definition) is 5. The van der Waals surface area contributed by atoms with Gasteiger partial charge in [0, 0.05) is 17.5 Å². The molecule has 1 aliphatic heterocycles. The summed E-state index contributed by atoms with van der Waals surface area (Å²) in [7, 11) is 0. The van der Waals surface area contributed by atoms with Gasteiger partial charge in [-0.25, -0.2) is 0 Å². The highest BCUT2D eigenvalue weighted by Crippen LogP contribution is 2.22. The van der Waals surface area contributed by atoms with Crippen molar-refractivity contribution in [3.8, 4) is 0 Å². The molecule has 18 heavy (non-hydrogen) atoms. The topological polar surface area (TPSA) is 84.3 Å². The van der Waals surface area contributed by atoms with Crippen molar-refractivity contribution in [2.75, 3.05) is 13.1 Å². The van der Waals surface area contributed by atoms with Gasteiger partial charge in [0.25, 0.3) is 5.91 Å². The summed E-state index contributed by atoms with van der Waals surface area (Å²) < 4.78 is 0. The van der Waals surface area contributed by atoms with E-state index >= 15 is 0 Å². The molecular weight excluding hydrogens is 254 g/mol. The van der Waals surface area contributed by atoms with Gasteiger partial charge in [0.05, 0.1) is 10.5 Å². The Morgan fingerprint density at radius 3 is 3.06 bits per heavy atom. The molecule has 0 radical (unpaired) electrons. The molecule has 1 aromatic rings. The third kappa shape index (κ3) is 3.27. The highest BCUT2D eigenvalue weighted by atomic mass is 32.1. The minimum atomic E-state index is -0.475. The Bertz CT molecular complexity index is 438. The van der Waals surface area contributed by atoms with Crippen molar-refractivity contribution in [2.24, 2.45) is 0 Å². The van der Waals surface area contributed by atoms with E-state index in [2.05, 4.69) is 10.6 Å². The Hall–Kier alpha value is -1.47. The van der Waals surface area contributed by atoms with Crippen LogP contribution in [-0.2, 0) is 0 Å². The Kier molecular flexibility index (Phi) is 4.27. The number of carbonyl (C=O) groups excluding carboxylic acids is 1. The third-order valence-corrected chi connectivity index (χ3v) is 3.82. The first-order valence-electron chi connectivity index (χ1n) is 5.91. The lowest BCUT2D eigenvalue weighted by atomic mass is 10.1. The van der Waals surface area contributed by atoms with Crippen molar-refractivity contribution in [3.05, 3.63) is 27.1 Å². The number of hydrogen-bond donors (Lipinski definition) is 2. The fraction of sp³-hybridized carbons (Fsp3) is 0.545. The largest absolute Gasteiger partial charge is 0.349 e. The second kappa shape index (κ2) is 5.92. The maximum absolute atomic E-state index is 11.9. The standard InChI is InChI=1S/C11H15N3O3S/c15-11(8-6-10(14(16)17)18-7-8)13-9-2-1-4-12-5-3-9/h6-7,9,12H,1-5H2,(H,13,15). The van der Waals surface area contributed by atoms with Crippen LogP contribution >= 0.6 is 11.3 Å². The number of carbonyl (C=O) groups is 1. The molecule has 1 aromatic heterocycles. The zero-order chi connectivity index (χ0) is 13.0. The zero-order valence-electron chi connectivity index (χ0n) is 9.85. The summed E-state index contributed by atoms with van der Waals surface area (Å²) in [6, 6.07) is 1.49. The van der Waals surface area contributed by atoms with Crippen LogP contribution in [0.1, 0.15) is 29.6 Å². The van der Waals surface area contributed by atoms with Crippen molar-refractivity contribution < 1.29 is 9.72 Å². The van der Waals surface area contributed by atoms with Gasteiger partial charge in [-0.05, 0) is 32.4 Å². The van der Waals surface area contributed by atoms with Crippen molar-refractivity contribution in [1.29, 1.82) is 0 Å². The Morgan fingerprint density at radius 2 is 2.33 bits per heavy atom. The van der Waals surface area contributed by atoms with Crippen LogP contribution in [0.2, 0.25) is 0 Å². The van der Waals surface area contributed by atoms with E-state index in [0.717, 1.165) is 43.7 Å². The summed E-state index contributed by atoms with van der Waals surface area (Å²) >= 11 is 0.980. The molecule has 1 aliphatic rings. The Labute approximate surface area is 109 Å². The van der Waals surface area contributed by atoms with Gasteiger partial charge in [-0.2, -0.15) is 0 Å². The average molecular weight is 269 g/mol. The van der Waals surface area contributed by atoms with Gasteiger partial charge in [0.1, 0.15) is 0 Å². The predicted octanol–water partition coefficient (Wildman–Crippen LogP) is 1.53. The molecule has 1 atom stereocenters. The summed E-state index contributed by atoms with van der Waals surface area (Å²) in [5.41, 5.74) is 0.379. The molecule has 1 amide bonds. The van der Waals surface area contributed by atoms with Crippen LogP contribution < -0.4 is 10.6 Å². The average Bonchev–Trinajstić information content (AvgIpc) is 2.70. The maximum atomic E-state index is 11.9. The Balaban J connectivity index is 1.95. The molecule has 2 heterocycles. The van der Waals surface area contributed by atoms with E-state index in [4.69, 9.17) is 0 Å². The molecule has 1 unspecified atom stereocenters. The van der Waals surface area contributed by atoms with Crippen molar-refractivity contribution in [2.45, 2.75) is 25.3 Å². The summed E-state index contributed by atoms with van der Waals surface area (Å²) in [6.45, 7) is 1.88. The smallest absolute Gasteiger partial charge is 0.324 e. The normalized spacial score (nSPS) is 20.1. The number of rotatable bonds is 3. The van der Waals surface area contributed by atoms with Gasteiger partial charge in [-0.1, -0.05) is 11.3 Å². The number of nitro groups is 1. The quantitative estimate of drug-likeness (QED) is 0.643. The molecule has 1 saturated heterocycles. The molecule has 1 fully saturated rings. The molecule has 0 aromatic carbocycles. The highest BCUT2D eigenvalue weighted by Gasteiger charge is 2.18. The second-order valence-corrected chi connectivity index (χ2v) is 5.17. The summed E-state index contributed by atoms with van der Waals surface area (Å²) in [5, 5.41) is 18.3. The fourth-order valence-electron chi connectivity index (χ4n) is 1.97. The molecule has 0 bridgehead atoms. The third-order valence-electron chi connectivity index (χ3n) is 2.94. The van der Waals surface area contributed by atoms with Crippen LogP contribution in [0.3, 0.4) is 0 Å². The predicted molar refractivity (Wildman–Crippen MR) is 68.9 cm³/mol. The van der Waals surface area contributed by atoms with Crippen molar-refractivity contribution >= 4 is 22.2 Å². The fourth-order valence-corrected chi connectivity index (χ4v) is 2.68. The first-order chi connectivity index (χ1) is 8.66. The van der Waals surface area contributed by atoms with E-state index in [1.807, 2.05) is 0 Å². The first-order valence-corrected chi connectivity index (χ1v) is 6.79. The molecule has 2 rings (SSSR count). The second-order valence-electron chi connectivity index (χ2n) is 4.28. The lowest BCUT2D eigenvalue weighted by Crippen LogP contribution is -2.35. The monoisotopic (exact) mass is 269 g/mol. The van der Waals surface area contributed by atoms with Gasteiger partial charge in [0.15, 0.2) is 0 Å². The van der Waals surface area contributed by atoms with E-state index in [1.165, 1.54) is 11.4 Å². The van der Waals surface area contributed by atoms with Gasteiger partial charge in [-0.3, -0.25) is 14.9 Å². The first kappa shape index (κ1) is 13.0. The lowest BCUT2D eigenvalue weighted by molar-refractivity contribution is -0.380. The minimum absolute atomic E-state index is 0.00248. The van der Waals surface area contributed by atoms with E-state index in [-0.39, 0.29) is 17.0 Å².